The van der Waals surface area contributed by atoms with Crippen LogP contribution in [0.15, 0.2) is 12.1 Å². The molecule has 0 bridgehead atoms. The summed E-state index contributed by atoms with van der Waals surface area (Å²) >= 11 is 0. The number of carbonyl (C=O) groups excluding carboxylic acids is 2. The minimum atomic E-state index is -0.698. The molecule has 1 N–H and O–H groups in total. The summed E-state index contributed by atoms with van der Waals surface area (Å²) in [7, 11) is 1.80. The van der Waals surface area contributed by atoms with E-state index in [0.717, 1.165) is 12.5 Å². The van der Waals surface area contributed by atoms with Gasteiger partial charge in [-0.05, 0) is 18.1 Å². The lowest BCUT2D eigenvalue weighted by molar-refractivity contribution is -0.112. The second-order valence-electron chi connectivity index (χ2n) is 5.03. The Morgan fingerprint density at radius 2 is 2.05 bits per heavy atom. The number of rotatable bonds is 4. The quantitative estimate of drug-likeness (QED) is 0.850. The van der Waals surface area contributed by atoms with Gasteiger partial charge in [0.25, 0.3) is 11.7 Å². The van der Waals surface area contributed by atoms with E-state index in [2.05, 4.69) is 19.2 Å². The molecule has 1 aromatic carbocycles. The van der Waals surface area contributed by atoms with E-state index in [-0.39, 0.29) is 5.56 Å². The van der Waals surface area contributed by atoms with Gasteiger partial charge in [0, 0.05) is 13.6 Å². The number of hydrogen-bond donors (Lipinski definition) is 1. The fourth-order valence-corrected chi connectivity index (χ4v) is 2.14. The first-order valence-corrected chi connectivity index (χ1v) is 6.34. The Balaban J connectivity index is 2.32. The van der Waals surface area contributed by atoms with E-state index in [9.17, 15) is 14.0 Å². The van der Waals surface area contributed by atoms with Crippen molar-refractivity contribution >= 4 is 23.1 Å². The van der Waals surface area contributed by atoms with Crippen LogP contribution in [0, 0.1) is 11.7 Å². The van der Waals surface area contributed by atoms with Crippen molar-refractivity contribution in [3.8, 4) is 0 Å². The van der Waals surface area contributed by atoms with Crippen LogP contribution in [0.4, 0.5) is 15.8 Å². The fourth-order valence-electron chi connectivity index (χ4n) is 2.14. The van der Waals surface area contributed by atoms with Crippen LogP contribution in [0.5, 0.6) is 0 Å². The number of anilines is 2. The van der Waals surface area contributed by atoms with Gasteiger partial charge in [-0.15, -0.1) is 0 Å². The third kappa shape index (κ3) is 2.45. The SMILES string of the molecule is CCC(C)CN(C)c1cc2c(cc1F)C(=O)C(=O)N2. The highest BCUT2D eigenvalue weighted by atomic mass is 19.1. The summed E-state index contributed by atoms with van der Waals surface area (Å²) in [4.78, 5) is 24.5. The maximum Gasteiger partial charge on any atom is 0.296 e. The lowest BCUT2D eigenvalue weighted by atomic mass is 10.1. The molecule has 1 atom stereocenters. The third-order valence-corrected chi connectivity index (χ3v) is 3.48. The van der Waals surface area contributed by atoms with Crippen molar-refractivity contribution in [1.29, 1.82) is 0 Å². The van der Waals surface area contributed by atoms with Crippen LogP contribution < -0.4 is 10.2 Å². The highest BCUT2D eigenvalue weighted by molar-refractivity contribution is 6.51. The van der Waals surface area contributed by atoms with Gasteiger partial charge in [-0.3, -0.25) is 9.59 Å². The van der Waals surface area contributed by atoms with E-state index >= 15 is 0 Å². The second kappa shape index (κ2) is 4.99. The molecule has 2 rings (SSSR count). The summed E-state index contributed by atoms with van der Waals surface area (Å²) < 4.78 is 14.0. The number of amides is 1. The maximum atomic E-state index is 14.0. The number of Topliss-reactive ketones (excluding diaryl/α,β-unsaturated/α-hetero) is 1. The molecule has 0 fully saturated rings. The number of nitrogens with zero attached hydrogens (tertiary/aromatic N) is 1. The molecule has 1 unspecified atom stereocenters. The standard InChI is InChI=1S/C14H17FN2O2/c1-4-8(2)7-17(3)12-6-11-9(5-10(12)15)13(18)14(19)16-11/h5-6,8H,4,7H2,1-3H3,(H,16,18,19). The Hall–Kier alpha value is -1.91. The normalized spacial score (nSPS) is 15.2. The molecule has 1 aliphatic rings. The van der Waals surface area contributed by atoms with Crippen molar-refractivity contribution < 1.29 is 14.0 Å². The smallest absolute Gasteiger partial charge is 0.296 e. The predicted molar refractivity (Wildman–Crippen MR) is 72.1 cm³/mol. The highest BCUT2D eigenvalue weighted by Gasteiger charge is 2.30. The Labute approximate surface area is 111 Å². The van der Waals surface area contributed by atoms with Crippen molar-refractivity contribution in [2.75, 3.05) is 23.8 Å². The Morgan fingerprint density at radius 3 is 2.68 bits per heavy atom. The molecule has 1 aromatic rings. The Kier molecular flexibility index (Phi) is 3.55. The molecule has 0 saturated heterocycles. The van der Waals surface area contributed by atoms with Gasteiger partial charge < -0.3 is 10.2 Å². The van der Waals surface area contributed by atoms with Crippen molar-refractivity contribution in [3.63, 3.8) is 0 Å². The molecule has 4 nitrogen and oxygen atoms in total. The first-order valence-electron chi connectivity index (χ1n) is 6.34. The first-order chi connectivity index (χ1) is 8.93. The third-order valence-electron chi connectivity index (χ3n) is 3.48. The highest BCUT2D eigenvalue weighted by Crippen LogP contribution is 2.31. The minimum absolute atomic E-state index is 0.114. The molecular formula is C14H17FN2O2. The zero-order valence-corrected chi connectivity index (χ0v) is 11.3. The van der Waals surface area contributed by atoms with Crippen LogP contribution in [0.1, 0.15) is 30.6 Å². The molecule has 0 saturated carbocycles. The van der Waals surface area contributed by atoms with Gasteiger partial charge >= 0.3 is 0 Å². The van der Waals surface area contributed by atoms with Gasteiger partial charge in [0.1, 0.15) is 5.82 Å². The maximum absolute atomic E-state index is 14.0. The van der Waals surface area contributed by atoms with Crippen molar-refractivity contribution in [3.05, 3.63) is 23.5 Å². The van der Waals surface area contributed by atoms with E-state index in [1.165, 1.54) is 6.07 Å². The number of benzene rings is 1. The van der Waals surface area contributed by atoms with Crippen molar-refractivity contribution in [1.82, 2.24) is 0 Å². The summed E-state index contributed by atoms with van der Waals surface area (Å²) in [6.07, 6.45) is 1.01. The van der Waals surface area contributed by atoms with Crippen LogP contribution in [0.25, 0.3) is 0 Å². The van der Waals surface area contributed by atoms with Crippen molar-refractivity contribution in [2.45, 2.75) is 20.3 Å². The van der Waals surface area contributed by atoms with Crippen LogP contribution in [0.2, 0.25) is 0 Å². The van der Waals surface area contributed by atoms with Gasteiger partial charge in [0.2, 0.25) is 0 Å². The topological polar surface area (TPSA) is 49.4 Å². The fraction of sp³-hybridized carbons (Fsp3) is 0.429. The van der Waals surface area contributed by atoms with Gasteiger partial charge in [0.05, 0.1) is 16.9 Å². The molecule has 0 aliphatic carbocycles. The van der Waals surface area contributed by atoms with Crippen molar-refractivity contribution in [2.24, 2.45) is 5.92 Å². The molecule has 1 heterocycles. The molecule has 102 valence electrons. The predicted octanol–water partition coefficient (Wildman–Crippen LogP) is 2.44. The van der Waals surface area contributed by atoms with Crippen LogP contribution in [-0.4, -0.2) is 25.3 Å². The largest absolute Gasteiger partial charge is 0.372 e. The number of halogens is 1. The molecule has 5 heteroatoms. The van der Waals surface area contributed by atoms with Gasteiger partial charge in [0.15, 0.2) is 0 Å². The molecule has 1 aliphatic heterocycles. The van der Waals surface area contributed by atoms with Gasteiger partial charge in [-0.2, -0.15) is 0 Å². The number of hydrogen-bond acceptors (Lipinski definition) is 3. The van der Waals surface area contributed by atoms with E-state index in [1.54, 1.807) is 11.9 Å². The second-order valence-corrected chi connectivity index (χ2v) is 5.03. The summed E-state index contributed by atoms with van der Waals surface area (Å²) in [6.45, 7) is 4.89. The number of carbonyl (C=O) groups is 2. The van der Waals surface area contributed by atoms with Gasteiger partial charge in [-0.25, -0.2) is 4.39 Å². The summed E-state index contributed by atoms with van der Waals surface area (Å²) in [5.74, 6) is -1.41. The lowest BCUT2D eigenvalue weighted by Crippen LogP contribution is -2.24. The van der Waals surface area contributed by atoms with E-state index in [0.29, 0.717) is 23.8 Å². The van der Waals surface area contributed by atoms with Crippen LogP contribution in [-0.2, 0) is 4.79 Å². The average molecular weight is 264 g/mol. The number of fused-ring (bicyclic) bond motifs is 1. The Bertz CT molecular complexity index is 542. The van der Waals surface area contributed by atoms with Gasteiger partial charge in [-0.1, -0.05) is 20.3 Å². The minimum Gasteiger partial charge on any atom is -0.372 e. The summed E-state index contributed by atoms with van der Waals surface area (Å²) in [5.41, 5.74) is 0.902. The van der Waals surface area contributed by atoms with Crippen LogP contribution >= 0.6 is 0 Å². The number of nitrogens with one attached hydrogen (secondary N) is 1. The summed E-state index contributed by atoms with van der Waals surface area (Å²) in [6, 6.07) is 2.66. The summed E-state index contributed by atoms with van der Waals surface area (Å²) in [5, 5.41) is 2.46. The zero-order chi connectivity index (χ0) is 14.2. The molecule has 1 amide bonds. The average Bonchev–Trinajstić information content (AvgIpc) is 2.64. The van der Waals surface area contributed by atoms with E-state index in [4.69, 9.17) is 0 Å². The number of ketones is 1. The molecule has 0 aromatic heterocycles. The zero-order valence-electron chi connectivity index (χ0n) is 11.3. The first kappa shape index (κ1) is 13.5. The molecule has 0 radical (unpaired) electrons. The monoisotopic (exact) mass is 264 g/mol. The Morgan fingerprint density at radius 1 is 1.37 bits per heavy atom. The van der Waals surface area contributed by atoms with E-state index in [1.807, 2.05) is 0 Å². The lowest BCUT2D eigenvalue weighted by Gasteiger charge is -2.23. The molecule has 19 heavy (non-hydrogen) atoms. The molecule has 0 spiro atoms. The van der Waals surface area contributed by atoms with E-state index < -0.39 is 17.5 Å². The van der Waals surface area contributed by atoms with Crippen LogP contribution in [0.3, 0.4) is 0 Å². The molecular weight excluding hydrogens is 247 g/mol.